The summed E-state index contributed by atoms with van der Waals surface area (Å²) in [6.07, 6.45) is 77.3. The molecular formula is C66H125NO5. The zero-order valence-corrected chi connectivity index (χ0v) is 48.4. The summed E-state index contributed by atoms with van der Waals surface area (Å²) in [5.41, 5.74) is 0. The molecule has 0 heterocycles. The van der Waals surface area contributed by atoms with Crippen LogP contribution >= 0.6 is 0 Å². The van der Waals surface area contributed by atoms with Crippen LogP contribution in [0.25, 0.3) is 0 Å². The van der Waals surface area contributed by atoms with E-state index in [9.17, 15) is 19.8 Å². The third kappa shape index (κ3) is 57.4. The Hall–Kier alpha value is -1.92. The number of nitrogens with one attached hydrogen (secondary N) is 1. The van der Waals surface area contributed by atoms with Crippen molar-refractivity contribution in [3.8, 4) is 0 Å². The monoisotopic (exact) mass is 1010 g/mol. The molecule has 0 fully saturated rings. The molecule has 0 aromatic carbocycles. The maximum Gasteiger partial charge on any atom is 0.305 e. The minimum atomic E-state index is -0.674. The molecule has 0 saturated heterocycles. The lowest BCUT2D eigenvalue weighted by atomic mass is 10.0. The minimum Gasteiger partial charge on any atom is -0.466 e. The van der Waals surface area contributed by atoms with Crippen LogP contribution in [0.2, 0.25) is 0 Å². The fourth-order valence-electron chi connectivity index (χ4n) is 9.95. The molecule has 424 valence electrons. The number of aliphatic hydroxyl groups excluding tert-OH is 2. The number of allylic oxidation sites excluding steroid dienone is 6. The Morgan fingerprint density at radius 2 is 0.708 bits per heavy atom. The van der Waals surface area contributed by atoms with Crippen LogP contribution in [0.5, 0.6) is 0 Å². The smallest absolute Gasteiger partial charge is 0.305 e. The van der Waals surface area contributed by atoms with Crippen molar-refractivity contribution < 1.29 is 24.5 Å². The molecule has 3 N–H and O–H groups in total. The van der Waals surface area contributed by atoms with Gasteiger partial charge in [0, 0.05) is 12.8 Å². The molecule has 0 spiro atoms. The third-order valence-electron chi connectivity index (χ3n) is 14.9. The highest BCUT2D eigenvalue weighted by Gasteiger charge is 2.20. The summed E-state index contributed by atoms with van der Waals surface area (Å²) in [6.45, 7) is 4.91. The van der Waals surface area contributed by atoms with Gasteiger partial charge in [-0.1, -0.05) is 294 Å². The first-order valence-electron chi connectivity index (χ1n) is 32.2. The SMILES string of the molecule is CCCC/C=C\C/C=C\CCCCCCCC(=O)OCCCCCCCC/C=C\CCCCCCCCCC(=O)NC(CO)C(O)CCCCCCCCCCCCCCCCCCCCCCCCCC. The second kappa shape index (κ2) is 61.6. The molecule has 0 saturated carbocycles. The van der Waals surface area contributed by atoms with Gasteiger partial charge in [0.05, 0.1) is 25.4 Å². The van der Waals surface area contributed by atoms with Gasteiger partial charge in [0.15, 0.2) is 0 Å². The first-order valence-corrected chi connectivity index (χ1v) is 32.2. The van der Waals surface area contributed by atoms with E-state index in [0.29, 0.717) is 25.9 Å². The van der Waals surface area contributed by atoms with Gasteiger partial charge >= 0.3 is 5.97 Å². The Balaban J connectivity index is 3.46. The Labute approximate surface area is 449 Å². The zero-order chi connectivity index (χ0) is 52.2. The van der Waals surface area contributed by atoms with Crippen molar-refractivity contribution >= 4 is 11.9 Å². The fraction of sp³-hybridized carbons (Fsp3) is 0.879. The second-order valence-corrected chi connectivity index (χ2v) is 22.1. The van der Waals surface area contributed by atoms with Gasteiger partial charge in [-0.3, -0.25) is 9.59 Å². The molecule has 0 aromatic heterocycles. The van der Waals surface area contributed by atoms with Crippen LogP contribution < -0.4 is 5.32 Å². The van der Waals surface area contributed by atoms with Crippen LogP contribution in [0.3, 0.4) is 0 Å². The third-order valence-corrected chi connectivity index (χ3v) is 14.9. The van der Waals surface area contributed by atoms with Gasteiger partial charge in [0.25, 0.3) is 0 Å². The zero-order valence-electron chi connectivity index (χ0n) is 48.4. The summed E-state index contributed by atoms with van der Waals surface area (Å²) < 4.78 is 5.46. The lowest BCUT2D eigenvalue weighted by molar-refractivity contribution is -0.143. The summed E-state index contributed by atoms with van der Waals surface area (Å²) in [5.74, 6) is -0.0601. The van der Waals surface area contributed by atoms with E-state index in [0.717, 1.165) is 64.2 Å². The van der Waals surface area contributed by atoms with Crippen LogP contribution in [0.15, 0.2) is 36.5 Å². The highest BCUT2D eigenvalue weighted by atomic mass is 16.5. The summed E-state index contributed by atoms with van der Waals surface area (Å²) in [5, 5.41) is 23.4. The number of hydrogen-bond acceptors (Lipinski definition) is 5. The molecule has 0 aliphatic carbocycles. The largest absolute Gasteiger partial charge is 0.466 e. The molecule has 0 radical (unpaired) electrons. The maximum absolute atomic E-state index is 12.5. The molecule has 2 unspecified atom stereocenters. The van der Waals surface area contributed by atoms with E-state index < -0.39 is 12.1 Å². The van der Waals surface area contributed by atoms with Crippen LogP contribution in [0.1, 0.15) is 348 Å². The van der Waals surface area contributed by atoms with Crippen LogP contribution in [-0.2, 0) is 14.3 Å². The molecule has 1 amide bonds. The summed E-state index contributed by atoms with van der Waals surface area (Å²) >= 11 is 0. The average molecular weight is 1010 g/mol. The van der Waals surface area contributed by atoms with Crippen molar-refractivity contribution in [3.05, 3.63) is 36.5 Å². The van der Waals surface area contributed by atoms with Gasteiger partial charge < -0.3 is 20.3 Å². The van der Waals surface area contributed by atoms with Gasteiger partial charge in [-0.2, -0.15) is 0 Å². The molecule has 0 rings (SSSR count). The normalized spacial score (nSPS) is 12.8. The molecule has 0 aromatic rings. The lowest BCUT2D eigenvalue weighted by Crippen LogP contribution is -2.45. The predicted molar refractivity (Wildman–Crippen MR) is 315 cm³/mol. The number of rotatable bonds is 60. The molecule has 0 aliphatic heterocycles. The number of carbonyl (C=O) groups is 2. The van der Waals surface area contributed by atoms with Crippen molar-refractivity contribution in [2.24, 2.45) is 0 Å². The number of esters is 1. The molecule has 6 nitrogen and oxygen atoms in total. The van der Waals surface area contributed by atoms with Gasteiger partial charge in [-0.25, -0.2) is 0 Å². The number of aliphatic hydroxyl groups is 2. The first-order chi connectivity index (χ1) is 35.5. The van der Waals surface area contributed by atoms with Gasteiger partial charge in [0.1, 0.15) is 0 Å². The van der Waals surface area contributed by atoms with Crippen molar-refractivity contribution in [1.29, 1.82) is 0 Å². The van der Waals surface area contributed by atoms with Gasteiger partial charge in [-0.05, 0) is 77.0 Å². The molecule has 6 heteroatoms. The molecular weight excluding hydrogens is 887 g/mol. The molecule has 72 heavy (non-hydrogen) atoms. The highest BCUT2D eigenvalue weighted by Crippen LogP contribution is 2.18. The quantitative estimate of drug-likeness (QED) is 0.0320. The van der Waals surface area contributed by atoms with Crippen molar-refractivity contribution in [3.63, 3.8) is 0 Å². The second-order valence-electron chi connectivity index (χ2n) is 22.1. The van der Waals surface area contributed by atoms with E-state index in [4.69, 9.17) is 4.74 Å². The fourth-order valence-corrected chi connectivity index (χ4v) is 9.95. The number of unbranched alkanes of at least 4 members (excludes halogenated alkanes) is 43. The Morgan fingerprint density at radius 1 is 0.389 bits per heavy atom. The van der Waals surface area contributed by atoms with Crippen LogP contribution in [-0.4, -0.2) is 47.4 Å². The molecule has 2 atom stereocenters. The summed E-state index contributed by atoms with van der Waals surface area (Å²) in [6, 6.07) is -0.553. The maximum atomic E-state index is 12.5. The first kappa shape index (κ1) is 70.1. The van der Waals surface area contributed by atoms with E-state index in [-0.39, 0.29) is 18.5 Å². The van der Waals surface area contributed by atoms with E-state index in [1.54, 1.807) is 0 Å². The van der Waals surface area contributed by atoms with E-state index >= 15 is 0 Å². The van der Waals surface area contributed by atoms with Crippen molar-refractivity contribution in [2.45, 2.75) is 360 Å². The number of hydrogen-bond donors (Lipinski definition) is 3. The summed E-state index contributed by atoms with van der Waals surface area (Å²) in [4.78, 5) is 24.6. The van der Waals surface area contributed by atoms with Crippen LogP contribution in [0, 0.1) is 0 Å². The van der Waals surface area contributed by atoms with E-state index in [2.05, 4.69) is 55.6 Å². The minimum absolute atomic E-state index is 0.0159. The standard InChI is InChI=1S/C66H125NO5/c1-3-5-7-9-11-13-15-17-19-20-21-22-23-24-25-26-28-31-34-38-42-46-50-54-58-64(69)63(62-68)67-65(70)59-55-51-47-43-39-35-32-29-27-30-33-37-41-45-49-53-57-61-72-66(71)60-56-52-48-44-40-36-18-16-14-12-10-8-6-4-2/h10,12,16,18,27,30,63-64,68-69H,3-9,11,13-15,17,19-26,28-29,31-62H2,1-2H3,(H,67,70)/b12-10-,18-16-,30-27-. The van der Waals surface area contributed by atoms with Crippen LogP contribution in [0.4, 0.5) is 0 Å². The van der Waals surface area contributed by atoms with E-state index in [1.807, 2.05) is 0 Å². The predicted octanol–water partition coefficient (Wildman–Crippen LogP) is 20.4. The Morgan fingerprint density at radius 3 is 1.11 bits per heavy atom. The van der Waals surface area contributed by atoms with E-state index in [1.165, 1.54) is 250 Å². The molecule has 0 aliphatic rings. The number of ether oxygens (including phenoxy) is 1. The average Bonchev–Trinajstić information content (AvgIpc) is 3.38. The number of carbonyl (C=O) groups excluding carboxylic acids is 2. The Bertz CT molecular complexity index is 1170. The molecule has 0 bridgehead atoms. The summed E-state index contributed by atoms with van der Waals surface area (Å²) in [7, 11) is 0. The van der Waals surface area contributed by atoms with Gasteiger partial charge in [0.2, 0.25) is 5.91 Å². The topological polar surface area (TPSA) is 95.9 Å². The van der Waals surface area contributed by atoms with Gasteiger partial charge in [-0.15, -0.1) is 0 Å². The highest BCUT2D eigenvalue weighted by molar-refractivity contribution is 5.76. The van der Waals surface area contributed by atoms with Crippen molar-refractivity contribution in [1.82, 2.24) is 5.32 Å². The Kier molecular flexibility index (Phi) is 60.0. The number of amides is 1. The van der Waals surface area contributed by atoms with Crippen molar-refractivity contribution in [2.75, 3.05) is 13.2 Å². The lowest BCUT2D eigenvalue weighted by Gasteiger charge is -2.22.